The summed E-state index contributed by atoms with van der Waals surface area (Å²) in [7, 11) is 0. The molecular formula is C6H7N5O2S. The minimum atomic E-state index is -0.488. The van der Waals surface area contributed by atoms with E-state index in [1.165, 1.54) is 6.33 Å². The topological polar surface area (TPSA) is 99.8 Å². The fourth-order valence-corrected chi connectivity index (χ4v) is 1.77. The molecule has 1 fully saturated rings. The van der Waals surface area contributed by atoms with Crippen molar-refractivity contribution >= 4 is 28.9 Å². The van der Waals surface area contributed by atoms with Crippen LogP contribution in [0, 0.1) is 0 Å². The van der Waals surface area contributed by atoms with Gasteiger partial charge >= 0.3 is 0 Å². The van der Waals surface area contributed by atoms with Crippen LogP contribution in [0.2, 0.25) is 0 Å². The Morgan fingerprint density at radius 3 is 3.14 bits per heavy atom. The molecule has 14 heavy (non-hydrogen) atoms. The second-order valence-electron chi connectivity index (χ2n) is 2.62. The summed E-state index contributed by atoms with van der Waals surface area (Å²) in [5.41, 5.74) is 0. The lowest BCUT2D eigenvalue weighted by Crippen LogP contribution is -2.38. The molecular weight excluding hydrogens is 206 g/mol. The van der Waals surface area contributed by atoms with E-state index >= 15 is 0 Å². The summed E-state index contributed by atoms with van der Waals surface area (Å²) >= 11 is 1.09. The summed E-state index contributed by atoms with van der Waals surface area (Å²) in [6.45, 7) is 0. The van der Waals surface area contributed by atoms with Crippen molar-refractivity contribution < 1.29 is 9.59 Å². The predicted molar refractivity (Wildman–Crippen MR) is 49.8 cm³/mol. The Kier molecular flexibility index (Phi) is 2.35. The van der Waals surface area contributed by atoms with Gasteiger partial charge in [-0.15, -0.1) is 0 Å². The number of anilines is 1. The molecule has 1 unspecified atom stereocenters. The van der Waals surface area contributed by atoms with Gasteiger partial charge in [0, 0.05) is 5.75 Å². The van der Waals surface area contributed by atoms with Crippen LogP contribution in [0.3, 0.4) is 0 Å². The maximum Gasteiger partial charge on any atom is 0.279 e. The lowest BCUT2D eigenvalue weighted by Gasteiger charge is -2.06. The van der Waals surface area contributed by atoms with Crippen LogP contribution in [0.15, 0.2) is 6.33 Å². The van der Waals surface area contributed by atoms with Gasteiger partial charge < -0.3 is 5.32 Å². The van der Waals surface area contributed by atoms with E-state index in [0.29, 0.717) is 5.75 Å². The van der Waals surface area contributed by atoms with E-state index in [0.717, 1.165) is 11.8 Å². The minimum Gasteiger partial charge on any atom is -0.334 e. The van der Waals surface area contributed by atoms with Gasteiger partial charge in [-0.3, -0.25) is 14.9 Å². The third-order valence-corrected chi connectivity index (χ3v) is 2.53. The Hall–Kier alpha value is -1.57. The minimum absolute atomic E-state index is 0.178. The van der Waals surface area contributed by atoms with Gasteiger partial charge in [0.1, 0.15) is 12.4 Å². The number of nitrogens with one attached hydrogen (secondary N) is 3. The maximum absolute atomic E-state index is 11.4. The Labute approximate surface area is 83.0 Å². The van der Waals surface area contributed by atoms with Crippen molar-refractivity contribution in [2.75, 3.05) is 11.1 Å². The molecule has 0 radical (unpaired) electrons. The number of carbonyl (C=O) groups excluding carboxylic acids is 2. The Bertz CT molecular complexity index is 351. The number of thioether (sulfide) groups is 1. The highest BCUT2D eigenvalue weighted by Gasteiger charge is 2.28. The first-order valence-electron chi connectivity index (χ1n) is 3.85. The summed E-state index contributed by atoms with van der Waals surface area (Å²) in [5.74, 6) is 0.431. The van der Waals surface area contributed by atoms with Crippen LogP contribution in [0.4, 0.5) is 10.7 Å². The average molecular weight is 213 g/mol. The molecule has 0 spiro atoms. The lowest BCUT2D eigenvalue weighted by atomic mass is 10.3. The van der Waals surface area contributed by atoms with Gasteiger partial charge in [-0.2, -0.15) is 10.1 Å². The molecule has 0 saturated carbocycles. The van der Waals surface area contributed by atoms with E-state index in [-0.39, 0.29) is 17.1 Å². The monoisotopic (exact) mass is 213 g/mol. The highest BCUT2D eigenvalue weighted by Crippen LogP contribution is 2.13. The van der Waals surface area contributed by atoms with Crippen LogP contribution in [0.1, 0.15) is 0 Å². The molecule has 1 aromatic rings. The van der Waals surface area contributed by atoms with Crippen molar-refractivity contribution in [2.24, 2.45) is 0 Å². The van der Waals surface area contributed by atoms with E-state index in [1.54, 1.807) is 0 Å². The lowest BCUT2D eigenvalue weighted by molar-refractivity contribution is -0.117. The molecule has 0 aliphatic carbocycles. The van der Waals surface area contributed by atoms with Crippen LogP contribution in [-0.4, -0.2) is 38.1 Å². The normalized spacial score (nSPS) is 20.6. The quantitative estimate of drug-likeness (QED) is 0.619. The molecule has 1 atom stereocenters. The van der Waals surface area contributed by atoms with Gasteiger partial charge in [0.25, 0.3) is 5.24 Å². The van der Waals surface area contributed by atoms with Crippen LogP contribution in [0.5, 0.6) is 0 Å². The van der Waals surface area contributed by atoms with Crippen molar-refractivity contribution in [3.8, 4) is 0 Å². The molecule has 1 aliphatic heterocycles. The molecule has 1 aromatic heterocycles. The fourth-order valence-electron chi connectivity index (χ4n) is 0.995. The predicted octanol–water partition coefficient (Wildman–Crippen LogP) is -0.432. The number of nitrogens with zero attached hydrogens (tertiary/aromatic N) is 2. The molecule has 2 heterocycles. The van der Waals surface area contributed by atoms with E-state index < -0.39 is 6.04 Å². The van der Waals surface area contributed by atoms with Crippen molar-refractivity contribution in [3.05, 3.63) is 6.33 Å². The summed E-state index contributed by atoms with van der Waals surface area (Å²) < 4.78 is 0. The number of carbonyl (C=O) groups is 2. The summed E-state index contributed by atoms with van der Waals surface area (Å²) in [4.78, 5) is 26.0. The highest BCUT2D eigenvalue weighted by molar-refractivity contribution is 8.14. The summed E-state index contributed by atoms with van der Waals surface area (Å²) in [5, 5.41) is 10.9. The van der Waals surface area contributed by atoms with Crippen LogP contribution in [-0.2, 0) is 4.79 Å². The summed E-state index contributed by atoms with van der Waals surface area (Å²) in [6, 6.07) is -0.488. The van der Waals surface area contributed by atoms with Crippen LogP contribution in [0.25, 0.3) is 0 Å². The zero-order valence-electron chi connectivity index (χ0n) is 6.98. The second-order valence-corrected chi connectivity index (χ2v) is 3.61. The maximum atomic E-state index is 11.4. The summed E-state index contributed by atoms with van der Waals surface area (Å²) in [6.07, 6.45) is 1.29. The van der Waals surface area contributed by atoms with E-state index in [9.17, 15) is 9.59 Å². The Balaban J connectivity index is 1.93. The molecule has 7 nitrogen and oxygen atoms in total. The molecule has 1 saturated heterocycles. The first kappa shape index (κ1) is 9.00. The van der Waals surface area contributed by atoms with E-state index in [4.69, 9.17) is 0 Å². The number of amides is 2. The second kappa shape index (κ2) is 3.66. The van der Waals surface area contributed by atoms with Crippen molar-refractivity contribution in [1.82, 2.24) is 20.5 Å². The Morgan fingerprint density at radius 1 is 1.71 bits per heavy atom. The molecule has 8 heteroatoms. The Morgan fingerprint density at radius 2 is 2.57 bits per heavy atom. The van der Waals surface area contributed by atoms with Gasteiger partial charge in [0.05, 0.1) is 0 Å². The van der Waals surface area contributed by atoms with Gasteiger partial charge in [-0.25, -0.2) is 5.10 Å². The molecule has 0 aromatic carbocycles. The van der Waals surface area contributed by atoms with Crippen molar-refractivity contribution in [1.29, 1.82) is 0 Å². The molecule has 74 valence electrons. The fraction of sp³-hybridized carbons (Fsp3) is 0.333. The molecule has 2 amide bonds. The number of hydrogen-bond donors (Lipinski definition) is 3. The average Bonchev–Trinajstić information content (AvgIpc) is 2.75. The van der Waals surface area contributed by atoms with Gasteiger partial charge in [0.2, 0.25) is 11.9 Å². The highest BCUT2D eigenvalue weighted by atomic mass is 32.2. The van der Waals surface area contributed by atoms with Gasteiger partial charge in [-0.05, 0) is 0 Å². The molecule has 0 bridgehead atoms. The first-order valence-corrected chi connectivity index (χ1v) is 4.84. The van der Waals surface area contributed by atoms with E-state index in [1.807, 2.05) is 0 Å². The molecule has 1 aliphatic rings. The standard InChI is InChI=1S/C6H7N5O2S/c12-4(3-1-14-6(13)9-3)10-5-7-2-8-11-5/h2-3H,1H2,(H,9,13)(H2,7,8,10,11,12). The van der Waals surface area contributed by atoms with Gasteiger partial charge in [0.15, 0.2) is 0 Å². The number of aromatic nitrogens is 3. The van der Waals surface area contributed by atoms with Crippen molar-refractivity contribution in [2.45, 2.75) is 6.04 Å². The van der Waals surface area contributed by atoms with E-state index in [2.05, 4.69) is 25.8 Å². The third kappa shape index (κ3) is 1.84. The SMILES string of the molecule is O=C1NC(C(=O)Nc2ncn[nH]2)CS1. The van der Waals surface area contributed by atoms with Crippen LogP contribution >= 0.6 is 11.8 Å². The zero-order chi connectivity index (χ0) is 9.97. The number of aromatic amines is 1. The molecule has 3 N–H and O–H groups in total. The number of rotatable bonds is 2. The number of hydrogen-bond acceptors (Lipinski definition) is 5. The third-order valence-electron chi connectivity index (χ3n) is 1.65. The van der Waals surface area contributed by atoms with Crippen LogP contribution < -0.4 is 10.6 Å². The van der Waals surface area contributed by atoms with Gasteiger partial charge in [-0.1, -0.05) is 11.8 Å². The first-order chi connectivity index (χ1) is 6.75. The van der Waals surface area contributed by atoms with Crippen molar-refractivity contribution in [3.63, 3.8) is 0 Å². The largest absolute Gasteiger partial charge is 0.334 e. The molecule has 2 rings (SSSR count). The number of H-pyrrole nitrogens is 1. The zero-order valence-corrected chi connectivity index (χ0v) is 7.80. The smallest absolute Gasteiger partial charge is 0.279 e.